The second-order valence-electron chi connectivity index (χ2n) is 9.87. The summed E-state index contributed by atoms with van der Waals surface area (Å²) in [6.07, 6.45) is 2.35. The summed E-state index contributed by atoms with van der Waals surface area (Å²) in [5.41, 5.74) is 3.99. The summed E-state index contributed by atoms with van der Waals surface area (Å²) in [6.45, 7) is 0.446. The molecule has 0 saturated carbocycles. The first-order chi connectivity index (χ1) is 21.1. The number of pyridine rings is 2. The first kappa shape index (κ1) is 26.7. The number of aryl methyl sites for hydroxylation is 2. The molecule has 0 radical (unpaired) electrons. The maximum atomic E-state index is 13.8. The van der Waals surface area contributed by atoms with Crippen molar-refractivity contribution in [1.29, 1.82) is 5.41 Å². The van der Waals surface area contributed by atoms with E-state index >= 15 is 0 Å². The molecule has 0 bridgehead atoms. The summed E-state index contributed by atoms with van der Waals surface area (Å²) >= 11 is 2.65. The number of anilines is 1. The van der Waals surface area contributed by atoms with Crippen LogP contribution >= 0.6 is 22.7 Å². The molecule has 8 nitrogen and oxygen atoms in total. The van der Waals surface area contributed by atoms with E-state index in [0.29, 0.717) is 55.8 Å². The van der Waals surface area contributed by atoms with E-state index in [1.165, 1.54) is 27.1 Å². The number of aromatic nitrogens is 4. The minimum atomic E-state index is -0.223. The number of benzene rings is 2. The zero-order valence-electron chi connectivity index (χ0n) is 22.7. The number of nitrogens with one attached hydrogen (secondary N) is 2. The van der Waals surface area contributed by atoms with Crippen LogP contribution < -0.4 is 16.4 Å². The summed E-state index contributed by atoms with van der Waals surface area (Å²) in [6, 6.07) is 30.4. The van der Waals surface area contributed by atoms with Gasteiger partial charge in [-0.25, -0.2) is 9.97 Å². The van der Waals surface area contributed by atoms with Crippen LogP contribution in [0.1, 0.15) is 15.2 Å². The van der Waals surface area contributed by atoms with Crippen LogP contribution in [-0.2, 0) is 13.0 Å². The predicted molar refractivity (Wildman–Crippen MR) is 172 cm³/mol. The molecular weight excluding hydrogens is 577 g/mol. The third kappa shape index (κ3) is 5.07. The van der Waals surface area contributed by atoms with Gasteiger partial charge in [0.2, 0.25) is 0 Å². The number of carbonyl (C=O) groups excluding carboxylic acids is 1. The van der Waals surface area contributed by atoms with Crippen molar-refractivity contribution in [2.75, 3.05) is 5.32 Å². The number of rotatable bonds is 7. The maximum Gasteiger partial charge on any atom is 0.267 e. The number of nitrogens with zero attached hydrogens (tertiary/aromatic N) is 4. The largest absolute Gasteiger partial charge is 0.311 e. The zero-order valence-corrected chi connectivity index (χ0v) is 24.4. The summed E-state index contributed by atoms with van der Waals surface area (Å²) in [5.74, 6) is -0.223. The van der Waals surface area contributed by atoms with E-state index in [4.69, 9.17) is 9.97 Å². The fourth-order valence-corrected chi connectivity index (χ4v) is 6.66. The monoisotopic (exact) mass is 600 g/mol. The van der Waals surface area contributed by atoms with Gasteiger partial charge in [-0.1, -0.05) is 84.1 Å². The van der Waals surface area contributed by atoms with Crippen LogP contribution in [-0.4, -0.2) is 24.8 Å². The van der Waals surface area contributed by atoms with Gasteiger partial charge in [-0.15, -0.1) is 11.3 Å². The highest BCUT2D eigenvalue weighted by Crippen LogP contribution is 2.38. The fraction of sp³-hybridized carbons (Fsp3) is 0.0606. The molecule has 43 heavy (non-hydrogen) atoms. The summed E-state index contributed by atoms with van der Waals surface area (Å²) < 4.78 is 3.31. The lowest BCUT2D eigenvalue weighted by molar-refractivity contribution is 0.103. The number of thiophene rings is 1. The summed E-state index contributed by atoms with van der Waals surface area (Å²) in [5, 5.41) is 15.7. The number of hydrogen-bond acceptors (Lipinski definition) is 7. The molecule has 0 aliphatic heterocycles. The van der Waals surface area contributed by atoms with Gasteiger partial charge in [0.15, 0.2) is 0 Å². The molecule has 5 heterocycles. The van der Waals surface area contributed by atoms with Gasteiger partial charge in [-0.2, -0.15) is 0 Å². The molecule has 10 heteroatoms. The van der Waals surface area contributed by atoms with Crippen molar-refractivity contribution in [3.05, 3.63) is 135 Å². The van der Waals surface area contributed by atoms with Crippen molar-refractivity contribution >= 4 is 50.3 Å². The molecule has 0 fully saturated rings. The molecule has 0 aliphatic carbocycles. The highest BCUT2D eigenvalue weighted by Gasteiger charge is 2.21. The quantitative estimate of drug-likeness (QED) is 0.205. The van der Waals surface area contributed by atoms with Crippen LogP contribution in [0.5, 0.6) is 0 Å². The first-order valence-corrected chi connectivity index (χ1v) is 15.3. The lowest BCUT2D eigenvalue weighted by atomic mass is 10.1. The molecule has 0 aliphatic rings. The SMILES string of the molecule is N=c1c(-c2nc(-c3ccccc3)c(NC(=O)c3cccs3)s2)cc2c(=O)n3ccccc3nc2n1CCc1ccccc1. The van der Waals surface area contributed by atoms with Crippen LogP contribution in [0, 0.1) is 5.41 Å². The van der Waals surface area contributed by atoms with Crippen molar-refractivity contribution in [2.24, 2.45) is 0 Å². The van der Waals surface area contributed by atoms with E-state index in [1.54, 1.807) is 35.0 Å². The molecule has 210 valence electrons. The summed E-state index contributed by atoms with van der Waals surface area (Å²) in [4.78, 5) is 37.2. The normalized spacial score (nSPS) is 11.3. The smallest absolute Gasteiger partial charge is 0.267 e. The highest BCUT2D eigenvalue weighted by atomic mass is 32.1. The second kappa shape index (κ2) is 11.2. The lowest BCUT2D eigenvalue weighted by Crippen LogP contribution is -2.27. The first-order valence-electron chi connectivity index (χ1n) is 13.6. The van der Waals surface area contributed by atoms with Crippen molar-refractivity contribution in [3.8, 4) is 21.8 Å². The lowest BCUT2D eigenvalue weighted by Gasteiger charge is -2.14. The molecule has 7 rings (SSSR count). The minimum absolute atomic E-state index is 0.195. The van der Waals surface area contributed by atoms with Crippen molar-refractivity contribution < 1.29 is 4.79 Å². The van der Waals surface area contributed by atoms with E-state index in [1.807, 2.05) is 78.2 Å². The zero-order chi connectivity index (χ0) is 29.3. The molecule has 5 aromatic heterocycles. The van der Waals surface area contributed by atoms with Gasteiger partial charge < -0.3 is 9.88 Å². The van der Waals surface area contributed by atoms with Gasteiger partial charge in [0.25, 0.3) is 11.5 Å². The number of fused-ring (bicyclic) bond motifs is 2. The number of carbonyl (C=O) groups is 1. The van der Waals surface area contributed by atoms with Crippen LogP contribution in [0.3, 0.4) is 0 Å². The Hall–Kier alpha value is -5.19. The van der Waals surface area contributed by atoms with E-state index in [2.05, 4.69) is 5.32 Å². The third-order valence-electron chi connectivity index (χ3n) is 7.16. The van der Waals surface area contributed by atoms with Crippen molar-refractivity contribution in [3.63, 3.8) is 0 Å². The number of amides is 1. The van der Waals surface area contributed by atoms with Gasteiger partial charge in [-0.3, -0.25) is 19.4 Å². The Balaban J connectivity index is 1.42. The Kier molecular flexibility index (Phi) is 6.98. The van der Waals surface area contributed by atoms with Crippen molar-refractivity contribution in [2.45, 2.75) is 13.0 Å². The average Bonchev–Trinajstić information content (AvgIpc) is 3.73. The maximum absolute atomic E-state index is 13.8. The Labute approximate surface area is 253 Å². The second-order valence-corrected chi connectivity index (χ2v) is 11.8. The molecule has 2 aromatic carbocycles. The molecule has 2 N–H and O–H groups in total. The van der Waals surface area contributed by atoms with Crippen LogP contribution in [0.15, 0.2) is 113 Å². The van der Waals surface area contributed by atoms with Gasteiger partial charge in [-0.05, 0) is 41.6 Å². The Morgan fingerprint density at radius 3 is 2.44 bits per heavy atom. The molecule has 0 unspecified atom stereocenters. The Morgan fingerprint density at radius 1 is 0.907 bits per heavy atom. The van der Waals surface area contributed by atoms with Gasteiger partial charge in [0.05, 0.1) is 15.8 Å². The molecule has 0 spiro atoms. The van der Waals surface area contributed by atoms with Gasteiger partial charge in [0.1, 0.15) is 32.5 Å². The van der Waals surface area contributed by atoms with E-state index in [0.717, 1.165) is 11.1 Å². The average molecular weight is 601 g/mol. The topological polar surface area (TPSA) is 105 Å². The molecule has 0 atom stereocenters. The fourth-order valence-electron chi connectivity index (χ4n) is 5.04. The molecule has 1 amide bonds. The van der Waals surface area contributed by atoms with E-state index in [9.17, 15) is 15.0 Å². The van der Waals surface area contributed by atoms with Crippen LogP contribution in [0.4, 0.5) is 5.00 Å². The van der Waals surface area contributed by atoms with Gasteiger partial charge >= 0.3 is 0 Å². The predicted octanol–water partition coefficient (Wildman–Crippen LogP) is 6.48. The summed E-state index contributed by atoms with van der Waals surface area (Å²) in [7, 11) is 0. The van der Waals surface area contributed by atoms with Crippen LogP contribution in [0.25, 0.3) is 38.5 Å². The molecular formula is C33H24N6O2S2. The molecule has 7 aromatic rings. The highest BCUT2D eigenvalue weighted by molar-refractivity contribution is 7.19. The number of thiazole rings is 1. The number of hydrogen-bond donors (Lipinski definition) is 2. The van der Waals surface area contributed by atoms with E-state index in [-0.39, 0.29) is 17.0 Å². The standard InChI is InChI=1S/C33H24N6O2S2/c34-28-23(31-36-27(22-12-5-2-6-13-22)32(43-31)37-30(40)25-14-9-19-42-25)20-24-29(35-26-15-7-8-17-38(26)33(24)41)39(28)18-16-21-10-3-1-4-11-21/h1-15,17,19-20,34H,16,18H2,(H,37,40). The van der Waals surface area contributed by atoms with E-state index < -0.39 is 0 Å². The third-order valence-corrected chi connectivity index (χ3v) is 9.03. The molecule has 0 saturated heterocycles. The minimum Gasteiger partial charge on any atom is -0.311 e. The Bertz CT molecular complexity index is 2220. The Morgan fingerprint density at radius 2 is 1.67 bits per heavy atom. The van der Waals surface area contributed by atoms with Crippen molar-refractivity contribution in [1.82, 2.24) is 18.9 Å². The van der Waals surface area contributed by atoms with Crippen LogP contribution in [0.2, 0.25) is 0 Å². The van der Waals surface area contributed by atoms with Gasteiger partial charge in [0, 0.05) is 18.3 Å².